The van der Waals surface area contributed by atoms with Gasteiger partial charge in [-0.25, -0.2) is 9.83 Å². The van der Waals surface area contributed by atoms with Crippen molar-refractivity contribution in [3.8, 4) is 0 Å². The number of hydrogen-bond acceptors (Lipinski definition) is 3. The van der Waals surface area contributed by atoms with Crippen LogP contribution in [0, 0.1) is 6.57 Å². The van der Waals surface area contributed by atoms with Crippen LogP contribution >= 0.6 is 0 Å². The van der Waals surface area contributed by atoms with Crippen LogP contribution in [0.2, 0.25) is 0 Å². The number of carbonyl (C=O) groups is 1. The molecule has 6 nitrogen and oxygen atoms in total. The third-order valence-electron chi connectivity index (χ3n) is 4.46. The van der Waals surface area contributed by atoms with E-state index in [1.54, 1.807) is 22.8 Å². The summed E-state index contributed by atoms with van der Waals surface area (Å²) < 4.78 is 40.2. The van der Waals surface area contributed by atoms with Crippen molar-refractivity contribution in [2.45, 2.75) is 51.4 Å². The highest BCUT2D eigenvalue weighted by Gasteiger charge is 2.56. The molecule has 3 rings (SSSR count). The number of nitrogens with zero attached hydrogens (tertiary/aromatic N) is 3. The lowest BCUT2D eigenvalue weighted by atomic mass is 9.92. The molecule has 1 saturated carbocycles. The largest absolute Gasteiger partial charge is 0.426 e. The van der Waals surface area contributed by atoms with Crippen LogP contribution in [0.25, 0.3) is 15.9 Å². The zero-order valence-electron chi connectivity index (χ0n) is 13.3. The van der Waals surface area contributed by atoms with Gasteiger partial charge in [0.15, 0.2) is 5.69 Å². The lowest BCUT2D eigenvalue weighted by Gasteiger charge is -2.30. The second-order valence-corrected chi connectivity index (χ2v) is 6.20. The Morgan fingerprint density at radius 1 is 1.42 bits per heavy atom. The van der Waals surface area contributed by atoms with Crippen LogP contribution in [-0.4, -0.2) is 32.3 Å². The van der Waals surface area contributed by atoms with Gasteiger partial charge in [0.05, 0.1) is 17.6 Å². The molecule has 9 heteroatoms. The highest BCUT2D eigenvalue weighted by atomic mass is 19.4. The van der Waals surface area contributed by atoms with E-state index in [0.717, 1.165) is 19.3 Å². The minimum Gasteiger partial charge on any atom is -0.373 e. The lowest BCUT2D eigenvalue weighted by Crippen LogP contribution is -2.52. The Morgan fingerprint density at radius 2 is 2.08 bits per heavy atom. The Bertz CT molecular complexity index is 876. The van der Waals surface area contributed by atoms with Crippen molar-refractivity contribution >= 4 is 28.6 Å². The summed E-state index contributed by atoms with van der Waals surface area (Å²) in [4.78, 5) is 19.5. The highest BCUT2D eigenvalue weighted by molar-refractivity contribution is 5.98. The monoisotopic (exact) mass is 368 g/mol. The number of aromatic nitrogens is 2. The molecule has 1 amide bonds. The summed E-state index contributed by atoms with van der Waals surface area (Å²) in [7, 11) is 0. The van der Waals surface area contributed by atoms with E-state index in [4.69, 9.17) is 6.57 Å². The average Bonchev–Trinajstić information content (AvgIpc) is 2.82. The molecule has 0 spiro atoms. The highest BCUT2D eigenvalue weighted by Crippen LogP contribution is 2.39. The number of alkyl halides is 3. The maximum Gasteiger partial charge on any atom is 0.426 e. The van der Waals surface area contributed by atoms with Gasteiger partial charge in [0.25, 0.3) is 5.91 Å². The summed E-state index contributed by atoms with van der Waals surface area (Å²) in [6.45, 7) is 7.49. The fourth-order valence-electron chi connectivity index (χ4n) is 2.61. The van der Waals surface area contributed by atoms with Crippen molar-refractivity contribution in [2.75, 3.05) is 5.32 Å². The molecule has 0 aliphatic heterocycles. The number of aliphatic hydroxyl groups is 1. The van der Waals surface area contributed by atoms with Gasteiger partial charge in [-0.05, 0) is 38.3 Å². The molecule has 1 aliphatic carbocycles. The summed E-state index contributed by atoms with van der Waals surface area (Å²) in [6.07, 6.45) is -2.55. The molecule has 2 N–H and O–H groups in total. The van der Waals surface area contributed by atoms with Crippen LogP contribution in [-0.2, 0) is 4.79 Å². The fraction of sp³-hybridized carbons (Fsp3) is 0.471. The molecule has 0 saturated heterocycles. The number of hydrogen-bond donors (Lipinski definition) is 2. The smallest absolute Gasteiger partial charge is 0.373 e. The van der Waals surface area contributed by atoms with Crippen LogP contribution in [0.15, 0.2) is 18.2 Å². The molecule has 1 atom stereocenters. The number of amides is 1. The predicted octanol–water partition coefficient (Wildman–Crippen LogP) is 4.20. The maximum atomic E-state index is 12.9. The Morgan fingerprint density at radius 3 is 2.58 bits per heavy atom. The van der Waals surface area contributed by atoms with E-state index >= 15 is 0 Å². The van der Waals surface area contributed by atoms with Gasteiger partial charge in [-0.1, -0.05) is 13.5 Å². The standard InChI is InChI=1S/C16H15F3N4O2.CH4/c1-15(25,16(17,18)19)13(24)22-14-21-11-7-6-9(20-2)8-12(11)23(14)10-4-3-5-10;/h6-8,10,25H,3-5H2,1H3,(H,21,22,24);1H4/t15-;/m0./s1. The van der Waals surface area contributed by atoms with Crippen LogP contribution in [0.5, 0.6) is 0 Å². The van der Waals surface area contributed by atoms with Crippen molar-refractivity contribution in [1.82, 2.24) is 9.55 Å². The summed E-state index contributed by atoms with van der Waals surface area (Å²) >= 11 is 0. The number of fused-ring (bicyclic) bond motifs is 1. The molecule has 1 fully saturated rings. The minimum atomic E-state index is -5.11. The van der Waals surface area contributed by atoms with E-state index in [1.807, 2.05) is 0 Å². The van der Waals surface area contributed by atoms with Crippen molar-refractivity contribution in [3.63, 3.8) is 0 Å². The van der Waals surface area contributed by atoms with Gasteiger partial charge in [0.1, 0.15) is 0 Å². The van der Waals surface area contributed by atoms with Crippen molar-refractivity contribution < 1.29 is 23.1 Å². The number of rotatable bonds is 3. The molecule has 0 unspecified atom stereocenters. The third-order valence-corrected chi connectivity index (χ3v) is 4.46. The second kappa shape index (κ2) is 6.61. The van der Waals surface area contributed by atoms with Crippen LogP contribution in [0.4, 0.5) is 24.8 Å². The van der Waals surface area contributed by atoms with Gasteiger partial charge in [-0.15, -0.1) is 0 Å². The Kier molecular flexibility index (Phi) is 5.01. The SMILES string of the molecule is C.[C-]#[N+]c1ccc2nc(NC(=O)[C@](C)(O)C(F)(F)F)n(C3CCC3)c2c1. The first kappa shape index (κ1) is 19.7. The van der Waals surface area contributed by atoms with E-state index in [2.05, 4.69) is 15.1 Å². The first-order valence-corrected chi connectivity index (χ1v) is 7.65. The number of carbonyl (C=O) groups excluding carboxylic acids is 1. The van der Waals surface area contributed by atoms with E-state index < -0.39 is 17.7 Å². The van der Waals surface area contributed by atoms with Crippen molar-refractivity contribution in [2.24, 2.45) is 0 Å². The quantitative estimate of drug-likeness (QED) is 0.798. The first-order valence-electron chi connectivity index (χ1n) is 7.65. The van der Waals surface area contributed by atoms with Gasteiger partial charge in [0, 0.05) is 6.04 Å². The molecule has 1 aromatic carbocycles. The zero-order chi connectivity index (χ0) is 18.4. The molecule has 1 aliphatic rings. The van der Waals surface area contributed by atoms with E-state index in [0.29, 0.717) is 23.6 Å². The molecule has 0 radical (unpaired) electrons. The molecular formula is C17H19F3N4O2. The Balaban J connectivity index is 0.00000243. The molecule has 0 bridgehead atoms. The summed E-state index contributed by atoms with van der Waals surface area (Å²) in [6, 6.07) is 4.70. The molecular weight excluding hydrogens is 349 g/mol. The number of nitrogens with one attached hydrogen (secondary N) is 1. The van der Waals surface area contributed by atoms with Gasteiger partial charge < -0.3 is 9.67 Å². The fourth-order valence-corrected chi connectivity index (χ4v) is 2.61. The minimum absolute atomic E-state index is 0. The molecule has 1 heterocycles. The third kappa shape index (κ3) is 3.12. The van der Waals surface area contributed by atoms with E-state index in [1.165, 1.54) is 0 Å². The van der Waals surface area contributed by atoms with E-state index in [-0.39, 0.29) is 19.4 Å². The van der Waals surface area contributed by atoms with Crippen molar-refractivity contribution in [1.29, 1.82) is 0 Å². The average molecular weight is 368 g/mol. The lowest BCUT2D eigenvalue weighted by molar-refractivity contribution is -0.242. The van der Waals surface area contributed by atoms with Crippen LogP contribution in [0.1, 0.15) is 39.7 Å². The predicted molar refractivity (Wildman–Crippen MR) is 90.9 cm³/mol. The first-order chi connectivity index (χ1) is 11.6. The molecule has 140 valence electrons. The van der Waals surface area contributed by atoms with Crippen molar-refractivity contribution in [3.05, 3.63) is 29.6 Å². The summed E-state index contributed by atoms with van der Waals surface area (Å²) in [5, 5.41) is 11.6. The van der Waals surface area contributed by atoms with Gasteiger partial charge in [0.2, 0.25) is 11.5 Å². The number of imidazole rings is 1. The number of anilines is 1. The molecule has 2 aromatic rings. The summed E-state index contributed by atoms with van der Waals surface area (Å²) in [5.41, 5.74) is -2.13. The normalized spacial score (nSPS) is 16.9. The molecule has 1 aromatic heterocycles. The van der Waals surface area contributed by atoms with Crippen LogP contribution < -0.4 is 5.32 Å². The van der Waals surface area contributed by atoms with Gasteiger partial charge in [-0.3, -0.25) is 10.1 Å². The topological polar surface area (TPSA) is 71.5 Å². The Hall–Kier alpha value is -2.60. The zero-order valence-corrected chi connectivity index (χ0v) is 13.3. The van der Waals surface area contributed by atoms with Crippen LogP contribution in [0.3, 0.4) is 0 Å². The number of halogens is 3. The van der Waals surface area contributed by atoms with Gasteiger partial charge in [-0.2, -0.15) is 13.2 Å². The second-order valence-electron chi connectivity index (χ2n) is 6.20. The summed E-state index contributed by atoms with van der Waals surface area (Å²) in [5.74, 6) is -1.65. The number of benzene rings is 1. The maximum absolute atomic E-state index is 12.9. The van der Waals surface area contributed by atoms with E-state index in [9.17, 15) is 23.1 Å². The Labute approximate surface area is 148 Å². The molecule has 26 heavy (non-hydrogen) atoms. The van der Waals surface area contributed by atoms with Gasteiger partial charge >= 0.3 is 6.18 Å².